The minimum atomic E-state index is -2.77. The number of halogens is 2. The van der Waals surface area contributed by atoms with Crippen LogP contribution < -0.4 is 15.5 Å². The van der Waals surface area contributed by atoms with Gasteiger partial charge in [-0.15, -0.1) is 0 Å². The normalized spacial score (nSPS) is 19.9. The van der Waals surface area contributed by atoms with Gasteiger partial charge in [-0.1, -0.05) is 6.07 Å². The molecule has 12 heteroatoms. The van der Waals surface area contributed by atoms with E-state index in [1.807, 2.05) is 33.8 Å². The van der Waals surface area contributed by atoms with Crippen molar-refractivity contribution < 1.29 is 23.0 Å². The van der Waals surface area contributed by atoms with Crippen molar-refractivity contribution in [1.82, 2.24) is 24.8 Å². The van der Waals surface area contributed by atoms with Gasteiger partial charge < -0.3 is 25.0 Å². The second kappa shape index (κ2) is 12.1. The maximum atomic E-state index is 14.2. The number of nitrogens with zero attached hydrogens (tertiary/aromatic N) is 5. The molecule has 1 aliphatic heterocycles. The lowest BCUT2D eigenvalue weighted by Gasteiger charge is -2.30. The van der Waals surface area contributed by atoms with Crippen molar-refractivity contribution in [1.29, 1.82) is 0 Å². The topological polar surface area (TPSA) is 106 Å². The number of ether oxygens (including phenoxy) is 2. The Morgan fingerprint density at radius 3 is 2.46 bits per heavy atom. The summed E-state index contributed by atoms with van der Waals surface area (Å²) in [6, 6.07) is 7.31. The summed E-state index contributed by atoms with van der Waals surface area (Å²) in [6.07, 6.45) is 0.387. The van der Waals surface area contributed by atoms with Gasteiger partial charge in [-0.05, 0) is 77.0 Å². The number of benzene rings is 1. The van der Waals surface area contributed by atoms with Gasteiger partial charge in [0.15, 0.2) is 5.82 Å². The number of hydrogen-bond acceptors (Lipinski definition) is 8. The van der Waals surface area contributed by atoms with Gasteiger partial charge in [0.1, 0.15) is 17.2 Å². The molecule has 1 aliphatic carbocycles. The lowest BCUT2D eigenvalue weighted by atomic mass is 9.86. The number of imidazole rings is 1. The largest absolute Gasteiger partial charge is 0.444 e. The maximum Gasteiger partial charge on any atom is 0.407 e. The molecule has 10 nitrogen and oxygen atoms in total. The summed E-state index contributed by atoms with van der Waals surface area (Å²) in [4.78, 5) is 27.9. The average molecular weight is 572 g/mol. The van der Waals surface area contributed by atoms with Crippen LogP contribution in [0.5, 0.6) is 0 Å². The van der Waals surface area contributed by atoms with Crippen LogP contribution in [-0.4, -0.2) is 70.1 Å². The molecular weight excluding hydrogens is 532 g/mol. The third-order valence-electron chi connectivity index (χ3n) is 7.41. The Hall–Kier alpha value is -3.54. The molecule has 2 fully saturated rings. The highest BCUT2D eigenvalue weighted by molar-refractivity contribution is 5.79. The molecule has 3 aromatic rings. The molecule has 3 heterocycles. The number of anilines is 2. The van der Waals surface area contributed by atoms with Crippen LogP contribution >= 0.6 is 0 Å². The molecule has 2 aromatic heterocycles. The van der Waals surface area contributed by atoms with Crippen molar-refractivity contribution in [2.75, 3.05) is 43.1 Å². The van der Waals surface area contributed by atoms with Gasteiger partial charge in [-0.2, -0.15) is 9.97 Å². The Kier molecular flexibility index (Phi) is 8.58. The Balaban J connectivity index is 1.34. The van der Waals surface area contributed by atoms with Crippen molar-refractivity contribution in [2.24, 2.45) is 5.92 Å². The fourth-order valence-electron chi connectivity index (χ4n) is 5.39. The van der Waals surface area contributed by atoms with Crippen LogP contribution in [0.3, 0.4) is 0 Å². The molecule has 1 amide bonds. The van der Waals surface area contributed by atoms with Crippen molar-refractivity contribution in [3.05, 3.63) is 35.7 Å². The zero-order chi connectivity index (χ0) is 29.1. The molecule has 0 bridgehead atoms. The Bertz CT molecular complexity index is 1360. The Morgan fingerprint density at radius 2 is 1.78 bits per heavy atom. The highest BCUT2D eigenvalue weighted by Crippen LogP contribution is 2.30. The van der Waals surface area contributed by atoms with E-state index in [4.69, 9.17) is 19.4 Å². The summed E-state index contributed by atoms with van der Waals surface area (Å²) in [5.74, 6) is 1.39. The number of alkyl halides is 2. The summed E-state index contributed by atoms with van der Waals surface area (Å²) in [7, 11) is 0. The minimum absolute atomic E-state index is 0.0829. The molecule has 0 atom stereocenters. The number of morpholine rings is 1. The van der Waals surface area contributed by atoms with E-state index in [1.54, 1.807) is 18.2 Å². The lowest BCUT2D eigenvalue weighted by Crippen LogP contribution is -2.41. The fraction of sp³-hybridized carbons (Fsp3) is 0.586. The average Bonchev–Trinajstić information content (AvgIpc) is 3.31. The smallest absolute Gasteiger partial charge is 0.407 e. The number of carbonyl (C=O) groups is 1. The standard InChI is InChI=1S/C29H39F2N7O3/c1-18-5-10-22-21(15-18)34-26(25(30)31)38(22)24-16-23(37-11-13-40-14-12-37)35-27(36-24)32-17-19-6-8-20(9-7-19)33-28(39)41-29(2,3)4/h5,10,15-16,19-20,25H,6-9,11-14,17H2,1-4H3,(H,33,39)(H,32,35,36)/t19-,20-. The molecular formula is C29H39F2N7O3. The first-order chi connectivity index (χ1) is 19.6. The zero-order valence-electron chi connectivity index (χ0n) is 24.1. The number of rotatable bonds is 7. The Morgan fingerprint density at radius 1 is 1.07 bits per heavy atom. The van der Waals surface area contributed by atoms with Gasteiger partial charge >= 0.3 is 6.09 Å². The highest BCUT2D eigenvalue weighted by atomic mass is 19.3. The van der Waals surface area contributed by atoms with E-state index in [-0.39, 0.29) is 18.0 Å². The molecule has 0 unspecified atom stereocenters. The molecule has 5 rings (SSSR count). The third kappa shape index (κ3) is 7.22. The van der Waals surface area contributed by atoms with E-state index in [0.717, 1.165) is 31.2 Å². The predicted molar refractivity (Wildman–Crippen MR) is 153 cm³/mol. The third-order valence-corrected chi connectivity index (χ3v) is 7.41. The summed E-state index contributed by atoms with van der Waals surface area (Å²) in [5.41, 5.74) is 1.48. The van der Waals surface area contributed by atoms with E-state index in [2.05, 4.69) is 20.5 Å². The first-order valence-electron chi connectivity index (χ1n) is 14.3. The van der Waals surface area contributed by atoms with Gasteiger partial charge in [0.25, 0.3) is 6.43 Å². The summed E-state index contributed by atoms with van der Waals surface area (Å²) in [6.45, 7) is 10.5. The maximum absolute atomic E-state index is 14.2. The van der Waals surface area contributed by atoms with Crippen LogP contribution in [0.2, 0.25) is 0 Å². The van der Waals surface area contributed by atoms with E-state index in [9.17, 15) is 13.6 Å². The van der Waals surface area contributed by atoms with E-state index in [0.29, 0.717) is 67.4 Å². The molecule has 41 heavy (non-hydrogen) atoms. The monoisotopic (exact) mass is 571 g/mol. The Labute approximate surface area is 238 Å². The van der Waals surface area contributed by atoms with Crippen molar-refractivity contribution in [2.45, 2.75) is 71.4 Å². The van der Waals surface area contributed by atoms with Crippen LogP contribution in [-0.2, 0) is 9.47 Å². The lowest BCUT2D eigenvalue weighted by molar-refractivity contribution is 0.0488. The van der Waals surface area contributed by atoms with Crippen LogP contribution in [0.25, 0.3) is 16.9 Å². The molecule has 0 radical (unpaired) electrons. The molecule has 0 spiro atoms. The number of aromatic nitrogens is 4. The number of fused-ring (bicyclic) bond motifs is 1. The van der Waals surface area contributed by atoms with Crippen molar-refractivity contribution in [3.63, 3.8) is 0 Å². The molecule has 1 saturated heterocycles. The molecule has 2 N–H and O–H groups in total. The number of carbonyl (C=O) groups excluding carboxylic acids is 1. The minimum Gasteiger partial charge on any atom is -0.444 e. The number of nitrogens with one attached hydrogen (secondary N) is 2. The van der Waals surface area contributed by atoms with Crippen molar-refractivity contribution in [3.8, 4) is 5.82 Å². The number of amides is 1. The van der Waals surface area contributed by atoms with Crippen LogP contribution in [0.4, 0.5) is 25.3 Å². The summed E-state index contributed by atoms with van der Waals surface area (Å²) in [5, 5.41) is 6.35. The van der Waals surface area contributed by atoms with Crippen LogP contribution in [0.1, 0.15) is 64.3 Å². The molecule has 222 valence electrons. The van der Waals surface area contributed by atoms with Gasteiger partial charge in [0.05, 0.1) is 24.2 Å². The van der Waals surface area contributed by atoms with Crippen LogP contribution in [0, 0.1) is 12.8 Å². The number of aryl methyl sites for hydroxylation is 1. The second-order valence-corrected chi connectivity index (χ2v) is 11.9. The first-order valence-corrected chi connectivity index (χ1v) is 14.3. The zero-order valence-corrected chi connectivity index (χ0v) is 24.1. The quantitative estimate of drug-likeness (QED) is 0.389. The molecule has 1 saturated carbocycles. The summed E-state index contributed by atoms with van der Waals surface area (Å²) >= 11 is 0. The second-order valence-electron chi connectivity index (χ2n) is 11.9. The first kappa shape index (κ1) is 29.0. The summed E-state index contributed by atoms with van der Waals surface area (Å²) < 4.78 is 40.7. The number of alkyl carbamates (subject to hydrolysis) is 1. The fourth-order valence-corrected chi connectivity index (χ4v) is 5.39. The van der Waals surface area contributed by atoms with Crippen LogP contribution in [0.15, 0.2) is 24.3 Å². The molecule has 1 aromatic carbocycles. The van der Waals surface area contributed by atoms with Gasteiger partial charge in [-0.3, -0.25) is 4.57 Å². The highest BCUT2D eigenvalue weighted by Gasteiger charge is 2.26. The van der Waals surface area contributed by atoms with Gasteiger partial charge in [0, 0.05) is 31.7 Å². The van der Waals surface area contributed by atoms with Gasteiger partial charge in [0.2, 0.25) is 5.95 Å². The van der Waals surface area contributed by atoms with Crippen molar-refractivity contribution >= 4 is 28.9 Å². The molecule has 2 aliphatic rings. The number of hydrogen-bond donors (Lipinski definition) is 2. The van der Waals surface area contributed by atoms with E-state index in [1.165, 1.54) is 4.57 Å². The predicted octanol–water partition coefficient (Wildman–Crippen LogP) is 5.39. The van der Waals surface area contributed by atoms with E-state index >= 15 is 0 Å². The SMILES string of the molecule is Cc1ccc2c(c1)nc(C(F)F)n2-c1cc(N2CCOCC2)nc(NC[C@H]2CC[C@H](NC(=O)OC(C)(C)C)CC2)n1. The van der Waals surface area contributed by atoms with Gasteiger partial charge in [-0.25, -0.2) is 18.6 Å². The van der Waals surface area contributed by atoms with E-state index < -0.39 is 12.0 Å².